The lowest BCUT2D eigenvalue weighted by Gasteiger charge is -2.36. The van der Waals surface area contributed by atoms with Gasteiger partial charge in [-0.25, -0.2) is 0 Å². The fourth-order valence-electron chi connectivity index (χ4n) is 4.58. The van der Waals surface area contributed by atoms with Crippen LogP contribution in [-0.4, -0.2) is 42.9 Å². The first-order valence-electron chi connectivity index (χ1n) is 11.7. The van der Waals surface area contributed by atoms with Crippen LogP contribution in [0, 0.1) is 0 Å². The molecule has 0 aromatic heterocycles. The number of carbonyl (C=O) groups excluding carboxylic acids is 2. The predicted molar refractivity (Wildman–Crippen MR) is 142 cm³/mol. The van der Waals surface area contributed by atoms with Gasteiger partial charge in [0, 0.05) is 37.4 Å². The number of hydrogen-bond acceptors (Lipinski definition) is 3. The molecule has 4 aromatic carbocycles. The molecule has 0 aliphatic carbocycles. The Labute approximate surface area is 209 Å². The normalized spacial score (nSPS) is 13.6. The Kier molecular flexibility index (Phi) is 6.68. The standard InChI is InChI=1S/C29H26ClN3O2/c30-26-20-24(31-28(34)19-23-11-6-10-21-7-4-5-12-25(21)23)13-14-27(26)32-15-17-33(18-16-32)29(35)22-8-2-1-3-9-22/h1-14,20H,15-19H2,(H,31,34). The Morgan fingerprint density at radius 3 is 2.29 bits per heavy atom. The van der Waals surface area contributed by atoms with E-state index in [1.54, 1.807) is 6.07 Å². The predicted octanol–water partition coefficient (Wildman–Crippen LogP) is 5.64. The van der Waals surface area contributed by atoms with E-state index >= 15 is 0 Å². The van der Waals surface area contributed by atoms with Crippen LogP contribution in [0.15, 0.2) is 91.0 Å². The van der Waals surface area contributed by atoms with Crippen LogP contribution in [0.4, 0.5) is 11.4 Å². The molecule has 176 valence electrons. The third kappa shape index (κ3) is 5.15. The van der Waals surface area contributed by atoms with E-state index in [1.807, 2.05) is 89.8 Å². The molecule has 2 amide bonds. The van der Waals surface area contributed by atoms with Crippen LogP contribution in [0.2, 0.25) is 5.02 Å². The van der Waals surface area contributed by atoms with E-state index in [4.69, 9.17) is 11.6 Å². The molecular formula is C29H26ClN3O2. The number of benzene rings is 4. The number of hydrogen-bond donors (Lipinski definition) is 1. The number of anilines is 2. The Morgan fingerprint density at radius 2 is 1.51 bits per heavy atom. The second kappa shape index (κ2) is 10.2. The van der Waals surface area contributed by atoms with E-state index in [9.17, 15) is 9.59 Å². The van der Waals surface area contributed by atoms with Gasteiger partial charge in [-0.05, 0) is 46.7 Å². The summed E-state index contributed by atoms with van der Waals surface area (Å²) in [4.78, 5) is 29.5. The molecular weight excluding hydrogens is 458 g/mol. The van der Waals surface area contributed by atoms with Crippen LogP contribution >= 0.6 is 11.6 Å². The van der Waals surface area contributed by atoms with Crippen molar-refractivity contribution < 1.29 is 9.59 Å². The molecule has 4 aromatic rings. The van der Waals surface area contributed by atoms with E-state index in [2.05, 4.69) is 10.2 Å². The van der Waals surface area contributed by atoms with Gasteiger partial charge in [0.15, 0.2) is 0 Å². The van der Waals surface area contributed by atoms with Crippen molar-refractivity contribution in [2.75, 3.05) is 36.4 Å². The van der Waals surface area contributed by atoms with Gasteiger partial charge in [0.1, 0.15) is 0 Å². The number of nitrogens with zero attached hydrogens (tertiary/aromatic N) is 2. The number of fused-ring (bicyclic) bond motifs is 1. The third-order valence-corrected chi connectivity index (χ3v) is 6.69. The zero-order valence-corrected chi connectivity index (χ0v) is 20.0. The molecule has 0 bridgehead atoms. The maximum Gasteiger partial charge on any atom is 0.253 e. The van der Waals surface area contributed by atoms with Gasteiger partial charge < -0.3 is 15.1 Å². The Balaban J connectivity index is 1.20. The highest BCUT2D eigenvalue weighted by Gasteiger charge is 2.23. The van der Waals surface area contributed by atoms with Crippen molar-refractivity contribution in [2.24, 2.45) is 0 Å². The first-order chi connectivity index (χ1) is 17.1. The average Bonchev–Trinajstić information content (AvgIpc) is 2.89. The zero-order chi connectivity index (χ0) is 24.2. The van der Waals surface area contributed by atoms with Gasteiger partial charge in [-0.2, -0.15) is 0 Å². The summed E-state index contributed by atoms with van der Waals surface area (Å²) < 4.78 is 0. The second-order valence-corrected chi connectivity index (χ2v) is 9.08. The lowest BCUT2D eigenvalue weighted by Crippen LogP contribution is -2.48. The number of halogens is 1. The van der Waals surface area contributed by atoms with Crippen LogP contribution in [0.3, 0.4) is 0 Å². The van der Waals surface area contributed by atoms with Gasteiger partial charge in [-0.1, -0.05) is 72.3 Å². The summed E-state index contributed by atoms with van der Waals surface area (Å²) in [7, 11) is 0. The number of carbonyl (C=O) groups is 2. The van der Waals surface area contributed by atoms with Crippen LogP contribution in [-0.2, 0) is 11.2 Å². The highest BCUT2D eigenvalue weighted by molar-refractivity contribution is 6.33. The molecule has 1 N–H and O–H groups in total. The molecule has 1 fully saturated rings. The molecule has 1 saturated heterocycles. The van der Waals surface area contributed by atoms with Crippen LogP contribution in [0.1, 0.15) is 15.9 Å². The van der Waals surface area contributed by atoms with Crippen molar-refractivity contribution in [3.8, 4) is 0 Å². The van der Waals surface area contributed by atoms with E-state index in [1.165, 1.54) is 0 Å². The van der Waals surface area contributed by atoms with Gasteiger partial charge in [0.2, 0.25) is 5.91 Å². The number of rotatable bonds is 5. The van der Waals surface area contributed by atoms with E-state index in [0.717, 1.165) is 22.0 Å². The minimum Gasteiger partial charge on any atom is -0.367 e. The van der Waals surface area contributed by atoms with Crippen LogP contribution < -0.4 is 10.2 Å². The molecule has 1 aliphatic heterocycles. The Hall–Kier alpha value is -3.83. The van der Waals surface area contributed by atoms with Gasteiger partial charge in [0.25, 0.3) is 5.91 Å². The van der Waals surface area contributed by atoms with E-state index < -0.39 is 0 Å². The lowest BCUT2D eigenvalue weighted by atomic mass is 10.0. The fourth-order valence-corrected chi connectivity index (χ4v) is 4.88. The van der Waals surface area contributed by atoms with Gasteiger partial charge in [-0.15, -0.1) is 0 Å². The lowest BCUT2D eigenvalue weighted by molar-refractivity contribution is -0.115. The molecule has 6 heteroatoms. The van der Waals surface area contributed by atoms with Crippen molar-refractivity contribution in [1.29, 1.82) is 0 Å². The highest BCUT2D eigenvalue weighted by atomic mass is 35.5. The van der Waals surface area contributed by atoms with Gasteiger partial charge in [-0.3, -0.25) is 9.59 Å². The number of nitrogens with one attached hydrogen (secondary N) is 1. The first-order valence-corrected chi connectivity index (χ1v) is 12.1. The molecule has 35 heavy (non-hydrogen) atoms. The molecule has 0 unspecified atom stereocenters. The van der Waals surface area contributed by atoms with Crippen molar-refractivity contribution >= 4 is 45.6 Å². The third-order valence-electron chi connectivity index (χ3n) is 6.39. The molecule has 1 aliphatic rings. The molecule has 0 atom stereocenters. The Bertz CT molecular complexity index is 1360. The fraction of sp³-hybridized carbons (Fsp3) is 0.172. The second-order valence-electron chi connectivity index (χ2n) is 8.67. The summed E-state index contributed by atoms with van der Waals surface area (Å²) in [6, 6.07) is 29.0. The molecule has 0 saturated carbocycles. The smallest absolute Gasteiger partial charge is 0.253 e. The summed E-state index contributed by atoms with van der Waals surface area (Å²) in [6.45, 7) is 2.66. The molecule has 1 heterocycles. The zero-order valence-electron chi connectivity index (χ0n) is 19.3. The quantitative estimate of drug-likeness (QED) is 0.400. The van der Waals surface area contributed by atoms with E-state index in [0.29, 0.717) is 42.5 Å². The number of piperazine rings is 1. The summed E-state index contributed by atoms with van der Waals surface area (Å²) in [6.07, 6.45) is 0.290. The maximum atomic E-state index is 12.7. The van der Waals surface area contributed by atoms with Crippen molar-refractivity contribution in [3.05, 3.63) is 107 Å². The topological polar surface area (TPSA) is 52.7 Å². The van der Waals surface area contributed by atoms with Gasteiger partial charge >= 0.3 is 0 Å². The largest absolute Gasteiger partial charge is 0.367 e. The van der Waals surface area contributed by atoms with E-state index in [-0.39, 0.29) is 18.2 Å². The van der Waals surface area contributed by atoms with Crippen molar-refractivity contribution in [3.63, 3.8) is 0 Å². The number of amides is 2. The summed E-state index contributed by atoms with van der Waals surface area (Å²) >= 11 is 6.61. The molecule has 0 spiro atoms. The summed E-state index contributed by atoms with van der Waals surface area (Å²) in [5.74, 6) is -0.0289. The first kappa shape index (κ1) is 22.9. The Morgan fingerprint density at radius 1 is 0.800 bits per heavy atom. The minimum atomic E-state index is -0.0850. The highest BCUT2D eigenvalue weighted by Crippen LogP contribution is 2.30. The molecule has 0 radical (unpaired) electrons. The monoisotopic (exact) mass is 483 g/mol. The average molecular weight is 484 g/mol. The van der Waals surface area contributed by atoms with Crippen LogP contribution in [0.5, 0.6) is 0 Å². The van der Waals surface area contributed by atoms with Crippen molar-refractivity contribution in [1.82, 2.24) is 4.90 Å². The summed E-state index contributed by atoms with van der Waals surface area (Å²) in [5.41, 5.74) is 3.28. The minimum absolute atomic E-state index is 0.0561. The molecule has 5 rings (SSSR count). The van der Waals surface area contributed by atoms with Crippen molar-refractivity contribution in [2.45, 2.75) is 6.42 Å². The molecule has 5 nitrogen and oxygen atoms in total. The maximum absolute atomic E-state index is 12.7. The van der Waals surface area contributed by atoms with Crippen LogP contribution in [0.25, 0.3) is 10.8 Å². The SMILES string of the molecule is O=C(Cc1cccc2ccccc12)Nc1ccc(N2CCN(C(=O)c3ccccc3)CC2)c(Cl)c1. The van der Waals surface area contributed by atoms with Gasteiger partial charge in [0.05, 0.1) is 17.1 Å². The summed E-state index contributed by atoms with van der Waals surface area (Å²) in [5, 5.41) is 5.76.